The molecule has 2 rings (SSSR count). The van der Waals surface area contributed by atoms with E-state index in [4.69, 9.17) is 0 Å². The van der Waals surface area contributed by atoms with E-state index >= 15 is 0 Å². The van der Waals surface area contributed by atoms with Crippen LogP contribution in [0.25, 0.3) is 0 Å². The summed E-state index contributed by atoms with van der Waals surface area (Å²) in [7, 11) is 0. The second-order valence-corrected chi connectivity index (χ2v) is 4.69. The normalized spacial score (nSPS) is 24.5. The Kier molecular flexibility index (Phi) is 3.73. The fourth-order valence-electron chi connectivity index (χ4n) is 2.05. The summed E-state index contributed by atoms with van der Waals surface area (Å²) in [5.41, 5.74) is -0.282. The van der Waals surface area contributed by atoms with Crippen LogP contribution in [-0.4, -0.2) is 35.7 Å². The number of hydrogen-bond acceptors (Lipinski definition) is 5. The molecule has 1 aliphatic heterocycles. The zero-order valence-corrected chi connectivity index (χ0v) is 10.0. The zero-order chi connectivity index (χ0) is 12.1. The maximum atomic E-state index is 12.0. The average Bonchev–Trinajstić information content (AvgIpc) is 2.83. The van der Waals surface area contributed by atoms with Gasteiger partial charge in [0.15, 0.2) is 5.82 Å². The quantitative estimate of drug-likeness (QED) is 0.778. The Morgan fingerprint density at radius 3 is 3.24 bits per heavy atom. The first-order chi connectivity index (χ1) is 8.21. The number of carbonyl (C=O) groups excluding carboxylic acids is 1. The Hall–Kier alpha value is -1.43. The molecule has 0 spiro atoms. The summed E-state index contributed by atoms with van der Waals surface area (Å²) >= 11 is 0. The van der Waals surface area contributed by atoms with E-state index in [2.05, 4.69) is 25.3 Å². The van der Waals surface area contributed by atoms with Gasteiger partial charge in [0, 0.05) is 19.5 Å². The average molecular weight is 238 g/mol. The van der Waals surface area contributed by atoms with Gasteiger partial charge in [-0.3, -0.25) is 4.79 Å². The molecule has 1 aromatic rings. The standard InChI is InChI=1S/C11H18N4O2/c1-11(4-2-5-12-7-11)10(16)13-6-3-9-14-8-17-15-9/h8,12H,2-7H2,1H3,(H,13,16). The predicted molar refractivity (Wildman–Crippen MR) is 61.2 cm³/mol. The smallest absolute Gasteiger partial charge is 0.227 e. The summed E-state index contributed by atoms with van der Waals surface area (Å²) in [5.74, 6) is 0.727. The van der Waals surface area contributed by atoms with Crippen LogP contribution in [0.1, 0.15) is 25.6 Å². The molecule has 0 aromatic carbocycles. The number of amides is 1. The highest BCUT2D eigenvalue weighted by Gasteiger charge is 2.34. The van der Waals surface area contributed by atoms with Crippen LogP contribution >= 0.6 is 0 Å². The van der Waals surface area contributed by atoms with E-state index in [0.717, 1.165) is 25.9 Å². The van der Waals surface area contributed by atoms with Gasteiger partial charge in [0.1, 0.15) is 0 Å². The lowest BCUT2D eigenvalue weighted by Crippen LogP contribution is -2.49. The van der Waals surface area contributed by atoms with Crippen molar-refractivity contribution in [1.29, 1.82) is 0 Å². The monoisotopic (exact) mass is 238 g/mol. The third-order valence-corrected chi connectivity index (χ3v) is 3.19. The molecule has 1 fully saturated rings. The van der Waals surface area contributed by atoms with E-state index in [1.807, 2.05) is 6.92 Å². The lowest BCUT2D eigenvalue weighted by atomic mass is 9.82. The van der Waals surface area contributed by atoms with Crippen molar-refractivity contribution in [3.8, 4) is 0 Å². The van der Waals surface area contributed by atoms with Gasteiger partial charge in [-0.15, -0.1) is 0 Å². The Bertz CT molecular complexity index is 358. The molecule has 1 aromatic heterocycles. The third-order valence-electron chi connectivity index (χ3n) is 3.19. The van der Waals surface area contributed by atoms with Gasteiger partial charge >= 0.3 is 0 Å². The predicted octanol–water partition coefficient (Wildman–Crippen LogP) is 0.118. The maximum absolute atomic E-state index is 12.0. The van der Waals surface area contributed by atoms with Crippen molar-refractivity contribution in [2.45, 2.75) is 26.2 Å². The number of carbonyl (C=O) groups is 1. The molecule has 1 amide bonds. The van der Waals surface area contributed by atoms with E-state index in [9.17, 15) is 4.79 Å². The molecule has 1 unspecified atom stereocenters. The van der Waals surface area contributed by atoms with Crippen LogP contribution in [-0.2, 0) is 11.2 Å². The minimum absolute atomic E-state index is 0.105. The van der Waals surface area contributed by atoms with Crippen LogP contribution in [0, 0.1) is 5.41 Å². The maximum Gasteiger partial charge on any atom is 0.227 e. The van der Waals surface area contributed by atoms with Crippen molar-refractivity contribution in [2.75, 3.05) is 19.6 Å². The number of nitrogens with one attached hydrogen (secondary N) is 2. The van der Waals surface area contributed by atoms with Crippen molar-refractivity contribution in [3.63, 3.8) is 0 Å². The molecule has 0 saturated carbocycles. The van der Waals surface area contributed by atoms with Gasteiger partial charge in [0.25, 0.3) is 0 Å². The van der Waals surface area contributed by atoms with E-state index < -0.39 is 0 Å². The Morgan fingerprint density at radius 1 is 1.71 bits per heavy atom. The molecule has 17 heavy (non-hydrogen) atoms. The molecular weight excluding hydrogens is 220 g/mol. The van der Waals surface area contributed by atoms with Gasteiger partial charge in [-0.2, -0.15) is 4.98 Å². The third kappa shape index (κ3) is 3.03. The largest absolute Gasteiger partial charge is 0.355 e. The Labute approximate surface area is 100 Å². The molecule has 0 radical (unpaired) electrons. The van der Waals surface area contributed by atoms with Crippen molar-refractivity contribution >= 4 is 5.91 Å². The van der Waals surface area contributed by atoms with E-state index in [-0.39, 0.29) is 11.3 Å². The topological polar surface area (TPSA) is 80.1 Å². The van der Waals surface area contributed by atoms with E-state index in [1.54, 1.807) is 0 Å². The van der Waals surface area contributed by atoms with Crippen LogP contribution in [0.4, 0.5) is 0 Å². The van der Waals surface area contributed by atoms with Gasteiger partial charge in [-0.05, 0) is 26.3 Å². The molecule has 2 N–H and O–H groups in total. The number of aromatic nitrogens is 2. The highest BCUT2D eigenvalue weighted by molar-refractivity contribution is 5.82. The molecule has 1 aliphatic rings. The first-order valence-electron chi connectivity index (χ1n) is 5.95. The minimum atomic E-state index is -0.282. The first kappa shape index (κ1) is 12.0. The Balaban J connectivity index is 1.76. The zero-order valence-electron chi connectivity index (χ0n) is 10.0. The number of rotatable bonds is 4. The second kappa shape index (κ2) is 5.27. The number of nitrogens with zero attached hydrogens (tertiary/aromatic N) is 2. The van der Waals surface area contributed by atoms with E-state index in [1.165, 1.54) is 6.39 Å². The van der Waals surface area contributed by atoms with Gasteiger partial charge < -0.3 is 15.2 Å². The SMILES string of the molecule is CC1(C(=O)NCCc2ncon2)CCCNC1. The lowest BCUT2D eigenvalue weighted by Gasteiger charge is -2.32. The van der Waals surface area contributed by atoms with Gasteiger partial charge in [-0.25, -0.2) is 0 Å². The van der Waals surface area contributed by atoms with Crippen molar-refractivity contribution in [3.05, 3.63) is 12.2 Å². The highest BCUT2D eigenvalue weighted by atomic mass is 16.5. The van der Waals surface area contributed by atoms with Crippen LogP contribution in [0.5, 0.6) is 0 Å². The van der Waals surface area contributed by atoms with Crippen molar-refractivity contribution < 1.29 is 9.32 Å². The molecule has 1 saturated heterocycles. The van der Waals surface area contributed by atoms with Crippen LogP contribution < -0.4 is 10.6 Å². The number of piperidine rings is 1. The fourth-order valence-corrected chi connectivity index (χ4v) is 2.05. The minimum Gasteiger partial charge on any atom is -0.355 e. The summed E-state index contributed by atoms with van der Waals surface area (Å²) in [6.45, 7) is 4.31. The number of hydrogen-bond donors (Lipinski definition) is 2. The molecular formula is C11H18N4O2. The molecule has 2 heterocycles. The molecule has 6 nitrogen and oxygen atoms in total. The summed E-state index contributed by atoms with van der Waals surface area (Å²) in [4.78, 5) is 15.9. The van der Waals surface area contributed by atoms with Gasteiger partial charge in [-0.1, -0.05) is 5.16 Å². The van der Waals surface area contributed by atoms with Crippen LogP contribution in [0.15, 0.2) is 10.9 Å². The lowest BCUT2D eigenvalue weighted by molar-refractivity contribution is -0.131. The summed E-state index contributed by atoms with van der Waals surface area (Å²) < 4.78 is 4.62. The van der Waals surface area contributed by atoms with Crippen LogP contribution in [0.2, 0.25) is 0 Å². The fraction of sp³-hybridized carbons (Fsp3) is 0.727. The van der Waals surface area contributed by atoms with Crippen LogP contribution in [0.3, 0.4) is 0 Å². The van der Waals surface area contributed by atoms with Gasteiger partial charge in [0.05, 0.1) is 5.41 Å². The summed E-state index contributed by atoms with van der Waals surface area (Å²) in [6, 6.07) is 0. The highest BCUT2D eigenvalue weighted by Crippen LogP contribution is 2.25. The van der Waals surface area contributed by atoms with Crippen molar-refractivity contribution in [2.24, 2.45) is 5.41 Å². The van der Waals surface area contributed by atoms with Gasteiger partial charge in [0.2, 0.25) is 12.3 Å². The molecule has 0 bridgehead atoms. The summed E-state index contributed by atoms with van der Waals surface area (Å²) in [5, 5.41) is 9.88. The first-order valence-corrected chi connectivity index (χ1v) is 5.95. The molecule has 94 valence electrons. The van der Waals surface area contributed by atoms with E-state index in [0.29, 0.717) is 18.8 Å². The van der Waals surface area contributed by atoms with Crippen molar-refractivity contribution in [1.82, 2.24) is 20.8 Å². The Morgan fingerprint density at radius 2 is 2.59 bits per heavy atom. The molecule has 6 heteroatoms. The second-order valence-electron chi connectivity index (χ2n) is 4.69. The molecule has 0 aliphatic carbocycles. The molecule has 1 atom stereocenters. The summed E-state index contributed by atoms with van der Waals surface area (Å²) in [6.07, 6.45) is 3.89.